The number of fused-ring (bicyclic) bond motifs is 3. The summed E-state index contributed by atoms with van der Waals surface area (Å²) in [7, 11) is 1.39. The van der Waals surface area contributed by atoms with Crippen LogP contribution in [0.2, 0.25) is 0 Å². The Kier molecular flexibility index (Phi) is 2.91. The number of esters is 1. The van der Waals surface area contributed by atoms with Gasteiger partial charge in [-0.2, -0.15) is 0 Å². The topological polar surface area (TPSA) is 62.9 Å². The number of methoxy groups -OCH3 is 1. The first-order valence-electron chi connectivity index (χ1n) is 6.20. The Hall–Kier alpha value is -2.01. The zero-order valence-corrected chi connectivity index (χ0v) is 10.7. The number of aromatic hydroxyl groups is 1. The SMILES string of the molecule is COC(=O)CN1CCc2c(oc3cc(O)ccc23)C1. The Morgan fingerprint density at radius 3 is 3.16 bits per heavy atom. The molecule has 19 heavy (non-hydrogen) atoms. The number of benzene rings is 1. The Morgan fingerprint density at radius 1 is 1.53 bits per heavy atom. The van der Waals surface area contributed by atoms with Crippen LogP contribution in [0.4, 0.5) is 0 Å². The maximum absolute atomic E-state index is 11.3. The number of carbonyl (C=O) groups is 1. The summed E-state index contributed by atoms with van der Waals surface area (Å²) in [6, 6.07) is 5.17. The van der Waals surface area contributed by atoms with E-state index < -0.39 is 0 Å². The van der Waals surface area contributed by atoms with Crippen LogP contribution in [0.1, 0.15) is 11.3 Å². The molecule has 2 aromatic rings. The van der Waals surface area contributed by atoms with Crippen molar-refractivity contribution >= 4 is 16.9 Å². The van der Waals surface area contributed by atoms with E-state index >= 15 is 0 Å². The first-order valence-corrected chi connectivity index (χ1v) is 6.20. The Labute approximate surface area is 110 Å². The van der Waals surface area contributed by atoms with Gasteiger partial charge in [0.15, 0.2) is 0 Å². The van der Waals surface area contributed by atoms with E-state index in [1.54, 1.807) is 12.1 Å². The molecule has 5 heteroatoms. The highest BCUT2D eigenvalue weighted by Crippen LogP contribution is 2.32. The summed E-state index contributed by atoms with van der Waals surface area (Å²) in [5, 5.41) is 10.5. The third kappa shape index (κ3) is 2.17. The van der Waals surface area contributed by atoms with Crippen LogP contribution >= 0.6 is 0 Å². The molecule has 1 aliphatic rings. The molecule has 0 saturated carbocycles. The van der Waals surface area contributed by atoms with Crippen LogP contribution < -0.4 is 0 Å². The van der Waals surface area contributed by atoms with E-state index in [1.165, 1.54) is 12.7 Å². The summed E-state index contributed by atoms with van der Waals surface area (Å²) >= 11 is 0. The number of phenolic OH excluding ortho intramolecular Hbond substituents is 1. The molecule has 0 spiro atoms. The van der Waals surface area contributed by atoms with Crippen LogP contribution in [-0.2, 0) is 22.5 Å². The molecule has 100 valence electrons. The summed E-state index contributed by atoms with van der Waals surface area (Å²) in [5.41, 5.74) is 1.88. The summed E-state index contributed by atoms with van der Waals surface area (Å²) in [4.78, 5) is 13.3. The number of rotatable bonds is 2. The van der Waals surface area contributed by atoms with Crippen molar-refractivity contribution in [1.82, 2.24) is 4.90 Å². The third-order valence-corrected chi connectivity index (χ3v) is 3.49. The first kappa shape index (κ1) is 12.0. The predicted molar refractivity (Wildman–Crippen MR) is 68.9 cm³/mol. The van der Waals surface area contributed by atoms with Gasteiger partial charge in [-0.3, -0.25) is 9.69 Å². The summed E-state index contributed by atoms with van der Waals surface area (Å²) in [6.07, 6.45) is 0.837. The molecule has 0 saturated heterocycles. The van der Waals surface area contributed by atoms with Gasteiger partial charge in [0.2, 0.25) is 0 Å². The predicted octanol–water partition coefficient (Wildman–Crippen LogP) is 1.67. The van der Waals surface area contributed by atoms with Crippen molar-refractivity contribution in [2.45, 2.75) is 13.0 Å². The van der Waals surface area contributed by atoms with Crippen LogP contribution in [0.25, 0.3) is 11.0 Å². The standard InChI is InChI=1S/C14H15NO4/c1-18-14(17)8-15-5-4-11-10-3-2-9(16)6-12(10)19-13(11)7-15/h2-3,6,16H,4-5,7-8H2,1H3. The number of carbonyl (C=O) groups excluding carboxylic acids is 1. The quantitative estimate of drug-likeness (QED) is 0.833. The van der Waals surface area contributed by atoms with Gasteiger partial charge in [0, 0.05) is 23.6 Å². The zero-order chi connectivity index (χ0) is 13.4. The second-order valence-electron chi connectivity index (χ2n) is 4.72. The van der Waals surface area contributed by atoms with Crippen LogP contribution in [0.5, 0.6) is 5.75 Å². The van der Waals surface area contributed by atoms with Crippen LogP contribution in [0, 0.1) is 0 Å². The largest absolute Gasteiger partial charge is 0.508 e. The second kappa shape index (κ2) is 4.59. The molecule has 0 amide bonds. The number of hydrogen-bond acceptors (Lipinski definition) is 5. The highest BCUT2D eigenvalue weighted by atomic mass is 16.5. The fourth-order valence-electron chi connectivity index (χ4n) is 2.53. The lowest BCUT2D eigenvalue weighted by atomic mass is 10.0. The average molecular weight is 261 g/mol. The number of hydrogen-bond donors (Lipinski definition) is 1. The molecular weight excluding hydrogens is 246 g/mol. The number of ether oxygens (including phenoxy) is 1. The highest BCUT2D eigenvalue weighted by Gasteiger charge is 2.24. The van der Waals surface area contributed by atoms with Gasteiger partial charge < -0.3 is 14.3 Å². The van der Waals surface area contributed by atoms with Gasteiger partial charge in [-0.05, 0) is 18.6 Å². The summed E-state index contributed by atoms with van der Waals surface area (Å²) in [5.74, 6) is 0.831. The van der Waals surface area contributed by atoms with Crippen molar-refractivity contribution in [3.8, 4) is 5.75 Å². The molecule has 0 bridgehead atoms. The average Bonchev–Trinajstić information content (AvgIpc) is 2.74. The first-order chi connectivity index (χ1) is 9.17. The molecule has 0 fully saturated rings. The smallest absolute Gasteiger partial charge is 0.319 e. The van der Waals surface area contributed by atoms with E-state index in [9.17, 15) is 9.90 Å². The lowest BCUT2D eigenvalue weighted by Crippen LogP contribution is -2.34. The van der Waals surface area contributed by atoms with Gasteiger partial charge in [0.05, 0.1) is 20.2 Å². The Balaban J connectivity index is 1.89. The van der Waals surface area contributed by atoms with Crippen LogP contribution in [-0.4, -0.2) is 36.2 Å². The molecule has 2 heterocycles. The Morgan fingerprint density at radius 2 is 2.37 bits per heavy atom. The van der Waals surface area contributed by atoms with Gasteiger partial charge >= 0.3 is 5.97 Å². The maximum Gasteiger partial charge on any atom is 0.319 e. The van der Waals surface area contributed by atoms with Gasteiger partial charge in [0.25, 0.3) is 0 Å². The molecule has 1 aromatic carbocycles. The second-order valence-corrected chi connectivity index (χ2v) is 4.72. The molecule has 1 N–H and O–H groups in total. The monoisotopic (exact) mass is 261 g/mol. The minimum Gasteiger partial charge on any atom is -0.508 e. The highest BCUT2D eigenvalue weighted by molar-refractivity contribution is 5.83. The third-order valence-electron chi connectivity index (χ3n) is 3.49. The van der Waals surface area contributed by atoms with Crippen molar-refractivity contribution in [3.63, 3.8) is 0 Å². The molecule has 0 radical (unpaired) electrons. The maximum atomic E-state index is 11.3. The van der Waals surface area contributed by atoms with Crippen molar-refractivity contribution in [2.24, 2.45) is 0 Å². The molecule has 0 aliphatic carbocycles. The molecule has 5 nitrogen and oxygen atoms in total. The zero-order valence-electron chi connectivity index (χ0n) is 10.7. The fourth-order valence-corrected chi connectivity index (χ4v) is 2.53. The van der Waals surface area contributed by atoms with Gasteiger partial charge in [0.1, 0.15) is 17.1 Å². The van der Waals surface area contributed by atoms with E-state index in [4.69, 9.17) is 4.42 Å². The van der Waals surface area contributed by atoms with Crippen molar-refractivity contribution in [2.75, 3.05) is 20.2 Å². The lowest BCUT2D eigenvalue weighted by molar-refractivity contribution is -0.142. The summed E-state index contributed by atoms with van der Waals surface area (Å²) < 4.78 is 10.4. The van der Waals surface area contributed by atoms with Crippen LogP contribution in [0.3, 0.4) is 0 Å². The van der Waals surface area contributed by atoms with Gasteiger partial charge in [-0.15, -0.1) is 0 Å². The molecule has 1 aromatic heterocycles. The molecule has 0 unspecified atom stereocenters. The number of nitrogens with zero attached hydrogens (tertiary/aromatic N) is 1. The number of phenols is 1. The fraction of sp³-hybridized carbons (Fsp3) is 0.357. The minimum absolute atomic E-state index is 0.199. The van der Waals surface area contributed by atoms with E-state index in [2.05, 4.69) is 4.74 Å². The lowest BCUT2D eigenvalue weighted by Gasteiger charge is -2.24. The van der Waals surface area contributed by atoms with Crippen LogP contribution in [0.15, 0.2) is 22.6 Å². The van der Waals surface area contributed by atoms with E-state index in [0.29, 0.717) is 12.1 Å². The van der Waals surface area contributed by atoms with E-state index in [1.807, 2.05) is 11.0 Å². The summed E-state index contributed by atoms with van der Waals surface area (Å²) in [6.45, 7) is 1.68. The number of furan rings is 1. The molecule has 3 rings (SSSR count). The van der Waals surface area contributed by atoms with Gasteiger partial charge in [-0.25, -0.2) is 0 Å². The van der Waals surface area contributed by atoms with Gasteiger partial charge in [-0.1, -0.05) is 0 Å². The van der Waals surface area contributed by atoms with E-state index in [0.717, 1.165) is 24.1 Å². The Bertz CT molecular complexity index is 632. The minimum atomic E-state index is -0.239. The van der Waals surface area contributed by atoms with E-state index in [-0.39, 0.29) is 18.3 Å². The normalized spacial score (nSPS) is 15.4. The molecule has 1 aliphatic heterocycles. The van der Waals surface area contributed by atoms with Crippen molar-refractivity contribution in [3.05, 3.63) is 29.5 Å². The van der Waals surface area contributed by atoms with Crippen molar-refractivity contribution < 1.29 is 19.1 Å². The molecule has 0 atom stereocenters. The molecular formula is C14H15NO4. The van der Waals surface area contributed by atoms with Crippen molar-refractivity contribution in [1.29, 1.82) is 0 Å².